The normalized spacial score (nSPS) is 32.6. The summed E-state index contributed by atoms with van der Waals surface area (Å²) in [5.74, 6) is 0.797. The van der Waals surface area contributed by atoms with Gasteiger partial charge in [0.15, 0.2) is 0 Å². The summed E-state index contributed by atoms with van der Waals surface area (Å²) >= 11 is 0. The van der Waals surface area contributed by atoms with E-state index in [1.165, 1.54) is 0 Å². The number of rotatable bonds is 11. The Morgan fingerprint density at radius 3 is 2.73 bits per heavy atom. The lowest BCUT2D eigenvalue weighted by Gasteiger charge is -2.21. The Morgan fingerprint density at radius 1 is 1.27 bits per heavy atom. The molecule has 0 heterocycles. The second-order valence-corrected chi connectivity index (χ2v) is 8.30. The number of fused-ring (bicyclic) bond motifs is 1. The first-order valence-electron chi connectivity index (χ1n) is 10.3. The predicted molar refractivity (Wildman–Crippen MR) is 101 cm³/mol. The average Bonchev–Trinajstić information content (AvgIpc) is 3.10. The number of unbranched alkanes of at least 4 members (excludes halogenated alkanes) is 2. The van der Waals surface area contributed by atoms with Gasteiger partial charge in [0.1, 0.15) is 6.61 Å². The molecule has 0 aromatic carbocycles. The topological polar surface area (TPSA) is 87.0 Å². The predicted octanol–water partition coefficient (Wildman–Crippen LogP) is 3.39. The van der Waals surface area contributed by atoms with Crippen LogP contribution in [0.15, 0.2) is 11.6 Å². The highest BCUT2D eigenvalue weighted by Crippen LogP contribution is 2.51. The number of hydrogen-bond acceptors (Lipinski definition) is 4. The Bertz CT molecular complexity index is 475. The number of hydrogen-bond donors (Lipinski definition) is 3. The third-order valence-corrected chi connectivity index (χ3v) is 6.29. The van der Waals surface area contributed by atoms with Crippen LogP contribution in [0.1, 0.15) is 65.2 Å². The highest BCUT2D eigenvalue weighted by molar-refractivity contribution is 5.67. The van der Waals surface area contributed by atoms with Gasteiger partial charge in [-0.05, 0) is 62.4 Å². The van der Waals surface area contributed by atoms with Gasteiger partial charge in [-0.2, -0.15) is 0 Å². The maximum Gasteiger partial charge on any atom is 0.329 e. The Morgan fingerprint density at radius 2 is 2.04 bits per heavy atom. The molecule has 0 aliphatic heterocycles. The average molecular weight is 369 g/mol. The molecule has 6 atom stereocenters. The summed E-state index contributed by atoms with van der Waals surface area (Å²) in [6.07, 6.45) is 9.49. The Hall–Kier alpha value is -0.910. The highest BCUT2D eigenvalue weighted by Gasteiger charge is 2.46. The summed E-state index contributed by atoms with van der Waals surface area (Å²) < 4.78 is 5.18. The van der Waals surface area contributed by atoms with Gasteiger partial charge in [-0.1, -0.05) is 32.3 Å². The molecule has 0 aromatic heterocycles. The van der Waals surface area contributed by atoms with E-state index >= 15 is 0 Å². The molecule has 0 radical (unpaired) electrons. The van der Waals surface area contributed by atoms with E-state index in [0.29, 0.717) is 24.4 Å². The third kappa shape index (κ3) is 6.07. The number of ether oxygens (including phenoxy) is 1. The number of aliphatic carboxylic acids is 1. The largest absolute Gasteiger partial charge is 0.480 e. The van der Waals surface area contributed by atoms with Crippen molar-refractivity contribution in [3.63, 3.8) is 0 Å². The SMILES string of the molecule is CCCCCC(O)C(C)=C[C@H]1[C@@H]2CC(CCOCC(=O)O)C[C@H]2C[C@@H]1O. The van der Waals surface area contributed by atoms with Crippen LogP contribution < -0.4 is 0 Å². The van der Waals surface area contributed by atoms with Crippen LogP contribution in [0.5, 0.6) is 0 Å². The van der Waals surface area contributed by atoms with Crippen molar-refractivity contribution in [2.75, 3.05) is 13.2 Å². The van der Waals surface area contributed by atoms with Crippen molar-refractivity contribution in [2.24, 2.45) is 23.7 Å². The Balaban J connectivity index is 1.84. The summed E-state index contributed by atoms with van der Waals surface area (Å²) in [6, 6.07) is 0. The van der Waals surface area contributed by atoms with Crippen molar-refractivity contribution >= 4 is 5.97 Å². The van der Waals surface area contributed by atoms with Crippen molar-refractivity contribution in [3.8, 4) is 0 Å². The lowest BCUT2D eigenvalue weighted by molar-refractivity contribution is -0.142. The van der Waals surface area contributed by atoms with Gasteiger partial charge in [0, 0.05) is 12.5 Å². The minimum absolute atomic E-state index is 0.144. The van der Waals surface area contributed by atoms with Crippen LogP contribution in [0.4, 0.5) is 0 Å². The van der Waals surface area contributed by atoms with Crippen LogP contribution in [0.3, 0.4) is 0 Å². The number of aliphatic hydroxyl groups is 2. The molecular formula is C21H36O5. The molecule has 2 saturated carbocycles. The second-order valence-electron chi connectivity index (χ2n) is 8.30. The second kappa shape index (κ2) is 10.4. The van der Waals surface area contributed by atoms with E-state index in [1.807, 2.05) is 6.92 Å². The maximum absolute atomic E-state index is 10.5. The summed E-state index contributed by atoms with van der Waals surface area (Å²) in [6.45, 7) is 4.42. The standard InChI is InChI=1S/C21H36O5/c1-3-4-5-6-19(22)14(2)9-18-17-11-15(7-8-26-13-21(24)25)10-16(17)12-20(18)23/h9,15-20,22-23H,3-8,10-13H2,1-2H3,(H,24,25)/t15?,16-,17+,18-,19?,20-/m0/s1. The van der Waals surface area contributed by atoms with Gasteiger partial charge in [-0.3, -0.25) is 0 Å². The smallest absolute Gasteiger partial charge is 0.329 e. The molecule has 0 saturated heterocycles. The molecular weight excluding hydrogens is 332 g/mol. The van der Waals surface area contributed by atoms with Crippen molar-refractivity contribution in [2.45, 2.75) is 77.4 Å². The zero-order valence-corrected chi connectivity index (χ0v) is 16.3. The first-order chi connectivity index (χ1) is 12.4. The zero-order chi connectivity index (χ0) is 19.1. The molecule has 0 bridgehead atoms. The van der Waals surface area contributed by atoms with Crippen molar-refractivity contribution in [1.82, 2.24) is 0 Å². The van der Waals surface area contributed by atoms with Crippen LogP contribution in [-0.4, -0.2) is 46.7 Å². The lowest BCUT2D eigenvalue weighted by atomic mass is 9.87. The molecule has 2 aliphatic rings. The monoisotopic (exact) mass is 368 g/mol. The molecule has 0 spiro atoms. The van der Waals surface area contributed by atoms with E-state index in [0.717, 1.165) is 56.9 Å². The van der Waals surface area contributed by atoms with Crippen LogP contribution in [0, 0.1) is 23.7 Å². The minimum atomic E-state index is -0.922. The van der Waals surface area contributed by atoms with E-state index in [1.54, 1.807) is 0 Å². The molecule has 2 unspecified atom stereocenters. The Kier molecular flexibility index (Phi) is 8.58. The lowest BCUT2D eigenvalue weighted by Crippen LogP contribution is -2.20. The molecule has 0 aromatic rings. The molecule has 150 valence electrons. The maximum atomic E-state index is 10.5. The number of carboxylic acid groups (broad SMARTS) is 1. The van der Waals surface area contributed by atoms with E-state index in [-0.39, 0.29) is 18.6 Å². The Labute approximate surface area is 157 Å². The van der Waals surface area contributed by atoms with Crippen LogP contribution in [0.2, 0.25) is 0 Å². The first-order valence-corrected chi connectivity index (χ1v) is 10.3. The van der Waals surface area contributed by atoms with Gasteiger partial charge in [-0.25, -0.2) is 4.79 Å². The van der Waals surface area contributed by atoms with Crippen molar-refractivity contribution < 1.29 is 24.9 Å². The summed E-state index contributed by atoms with van der Waals surface area (Å²) in [5.41, 5.74) is 0.999. The van der Waals surface area contributed by atoms with Gasteiger partial charge in [0.05, 0.1) is 12.2 Å². The fourth-order valence-electron chi connectivity index (χ4n) is 4.88. The van der Waals surface area contributed by atoms with Gasteiger partial charge in [0.2, 0.25) is 0 Å². The molecule has 5 nitrogen and oxygen atoms in total. The molecule has 2 fully saturated rings. The summed E-state index contributed by atoms with van der Waals surface area (Å²) in [5, 5.41) is 29.5. The first kappa shape index (κ1) is 21.4. The molecule has 26 heavy (non-hydrogen) atoms. The zero-order valence-electron chi connectivity index (χ0n) is 16.3. The quantitative estimate of drug-likeness (QED) is 0.384. The van der Waals surface area contributed by atoms with Gasteiger partial charge in [0.25, 0.3) is 0 Å². The molecule has 2 rings (SSSR count). The third-order valence-electron chi connectivity index (χ3n) is 6.29. The van der Waals surface area contributed by atoms with Crippen LogP contribution >= 0.6 is 0 Å². The van der Waals surface area contributed by atoms with Gasteiger partial charge >= 0.3 is 5.97 Å². The van der Waals surface area contributed by atoms with Gasteiger partial charge in [-0.15, -0.1) is 0 Å². The number of carboxylic acids is 1. The van der Waals surface area contributed by atoms with E-state index in [9.17, 15) is 15.0 Å². The van der Waals surface area contributed by atoms with E-state index < -0.39 is 12.1 Å². The fourth-order valence-corrected chi connectivity index (χ4v) is 4.88. The van der Waals surface area contributed by atoms with Crippen LogP contribution in [0.25, 0.3) is 0 Å². The molecule has 5 heteroatoms. The number of aliphatic hydroxyl groups excluding tert-OH is 2. The van der Waals surface area contributed by atoms with Crippen molar-refractivity contribution in [1.29, 1.82) is 0 Å². The molecule has 3 N–H and O–H groups in total. The van der Waals surface area contributed by atoms with Gasteiger partial charge < -0.3 is 20.1 Å². The molecule has 2 aliphatic carbocycles. The van der Waals surface area contributed by atoms with E-state index in [4.69, 9.17) is 9.84 Å². The summed E-state index contributed by atoms with van der Waals surface area (Å²) in [7, 11) is 0. The van der Waals surface area contributed by atoms with Crippen molar-refractivity contribution in [3.05, 3.63) is 11.6 Å². The minimum Gasteiger partial charge on any atom is -0.480 e. The fraction of sp³-hybridized carbons (Fsp3) is 0.857. The highest BCUT2D eigenvalue weighted by atomic mass is 16.5. The molecule has 0 amide bonds. The summed E-state index contributed by atoms with van der Waals surface area (Å²) in [4.78, 5) is 10.5. The van der Waals surface area contributed by atoms with E-state index in [2.05, 4.69) is 13.0 Å². The van der Waals surface area contributed by atoms with Crippen LogP contribution in [-0.2, 0) is 9.53 Å². The number of carbonyl (C=O) groups is 1.